The van der Waals surface area contributed by atoms with Gasteiger partial charge in [0.05, 0.1) is 35.5 Å². The lowest BCUT2D eigenvalue weighted by Gasteiger charge is -2.10. The van der Waals surface area contributed by atoms with Crippen LogP contribution in [-0.2, 0) is 11.2 Å². The van der Waals surface area contributed by atoms with Crippen LogP contribution in [-0.4, -0.2) is 43.6 Å². The molecule has 2 aliphatic heterocycles. The highest BCUT2D eigenvalue weighted by atomic mass is 16.5. The van der Waals surface area contributed by atoms with Crippen molar-refractivity contribution in [2.24, 2.45) is 4.99 Å². The number of fused-ring (bicyclic) bond motifs is 5. The van der Waals surface area contributed by atoms with Gasteiger partial charge in [-0.05, 0) is 24.6 Å². The molecule has 0 saturated carbocycles. The van der Waals surface area contributed by atoms with Crippen LogP contribution in [0.25, 0.3) is 11.4 Å². The molecule has 0 unspecified atom stereocenters. The van der Waals surface area contributed by atoms with Gasteiger partial charge >= 0.3 is 0 Å². The van der Waals surface area contributed by atoms with Crippen LogP contribution in [0.2, 0.25) is 0 Å². The van der Waals surface area contributed by atoms with Crippen LogP contribution in [0.4, 0.5) is 0 Å². The summed E-state index contributed by atoms with van der Waals surface area (Å²) in [5, 5.41) is 8.34. The summed E-state index contributed by atoms with van der Waals surface area (Å²) in [6.45, 7) is 3.39. The molecule has 0 amide bonds. The summed E-state index contributed by atoms with van der Waals surface area (Å²) in [7, 11) is 0. The highest BCUT2D eigenvalue weighted by Gasteiger charge is 2.26. The Balaban J connectivity index is 1.80. The summed E-state index contributed by atoms with van der Waals surface area (Å²) in [6.07, 6.45) is 4.32. The predicted octanol–water partition coefficient (Wildman–Crippen LogP) is 1.44. The molecule has 7 nitrogen and oxygen atoms in total. The second-order valence-electron chi connectivity index (χ2n) is 5.75. The third-order valence-corrected chi connectivity index (χ3v) is 4.24. The summed E-state index contributed by atoms with van der Waals surface area (Å²) in [6, 6.07) is 6.30. The fraction of sp³-hybridized carbons (Fsp3) is 0.250. The van der Waals surface area contributed by atoms with E-state index in [-0.39, 0.29) is 0 Å². The van der Waals surface area contributed by atoms with Crippen molar-refractivity contribution in [3.63, 3.8) is 0 Å². The number of hydrogen-bond acceptors (Lipinski definition) is 5. The zero-order valence-electron chi connectivity index (χ0n) is 12.6. The lowest BCUT2D eigenvalue weighted by atomic mass is 10.2. The molecular formula is C16H14N6O. The fourth-order valence-electron chi connectivity index (χ4n) is 3.17. The molecule has 0 bridgehead atoms. The number of benzene rings is 1. The number of hydrogen-bond donors (Lipinski definition) is 0. The minimum Gasteiger partial charge on any atom is -0.474 e. The van der Waals surface area contributed by atoms with Crippen LogP contribution < -0.4 is 0 Å². The van der Waals surface area contributed by atoms with Crippen molar-refractivity contribution in [1.29, 1.82) is 0 Å². The zero-order chi connectivity index (χ0) is 15.4. The van der Waals surface area contributed by atoms with Gasteiger partial charge in [0.25, 0.3) is 0 Å². The van der Waals surface area contributed by atoms with E-state index in [0.29, 0.717) is 25.5 Å². The Kier molecular flexibility index (Phi) is 2.47. The molecule has 0 fully saturated rings. The van der Waals surface area contributed by atoms with Gasteiger partial charge < -0.3 is 4.74 Å². The third kappa shape index (κ3) is 1.76. The second kappa shape index (κ2) is 4.52. The Hall–Kier alpha value is -2.96. The molecule has 0 N–H and O–H groups in total. The monoisotopic (exact) mass is 306 g/mol. The van der Waals surface area contributed by atoms with Crippen LogP contribution in [0.3, 0.4) is 0 Å². The maximum Gasteiger partial charge on any atom is 0.237 e. The molecule has 2 aliphatic rings. The number of ether oxygens (including phenoxy) is 1. The maximum absolute atomic E-state index is 5.62. The van der Waals surface area contributed by atoms with Crippen molar-refractivity contribution in [3.8, 4) is 11.4 Å². The minimum absolute atomic E-state index is 0.622. The van der Waals surface area contributed by atoms with Gasteiger partial charge in [-0.15, -0.1) is 5.10 Å². The number of nitrogens with zero attached hydrogens (tertiary/aromatic N) is 6. The molecule has 4 heterocycles. The van der Waals surface area contributed by atoms with E-state index in [1.54, 1.807) is 6.20 Å². The SMILES string of the molecule is Cc1ccc2c(c1)-n1nncc1Cc1c(C3=NCCO3)ncn1-2. The molecule has 0 spiro atoms. The Labute approximate surface area is 132 Å². The van der Waals surface area contributed by atoms with Crippen LogP contribution >= 0.6 is 0 Å². The van der Waals surface area contributed by atoms with Gasteiger partial charge in [0.1, 0.15) is 18.6 Å². The molecule has 0 atom stereocenters. The lowest BCUT2D eigenvalue weighted by molar-refractivity contribution is 0.347. The molecule has 0 saturated heterocycles. The zero-order valence-corrected chi connectivity index (χ0v) is 12.6. The van der Waals surface area contributed by atoms with Crippen molar-refractivity contribution in [2.45, 2.75) is 13.3 Å². The minimum atomic E-state index is 0.622. The molecule has 23 heavy (non-hydrogen) atoms. The molecule has 1 aromatic carbocycles. The number of imidazole rings is 1. The van der Waals surface area contributed by atoms with Crippen LogP contribution in [0.5, 0.6) is 0 Å². The van der Waals surface area contributed by atoms with E-state index in [1.165, 1.54) is 5.56 Å². The fourth-order valence-corrected chi connectivity index (χ4v) is 3.17. The number of aromatic nitrogens is 5. The normalized spacial score (nSPS) is 15.3. The Morgan fingerprint density at radius 1 is 1.22 bits per heavy atom. The highest BCUT2D eigenvalue weighted by Crippen LogP contribution is 2.29. The molecule has 2 aromatic heterocycles. The van der Waals surface area contributed by atoms with E-state index in [9.17, 15) is 0 Å². The number of rotatable bonds is 1. The van der Waals surface area contributed by atoms with Gasteiger partial charge in [0, 0.05) is 6.42 Å². The van der Waals surface area contributed by atoms with Crippen molar-refractivity contribution in [3.05, 3.63) is 53.4 Å². The van der Waals surface area contributed by atoms with Gasteiger partial charge in [-0.3, -0.25) is 4.57 Å². The predicted molar refractivity (Wildman–Crippen MR) is 83.4 cm³/mol. The molecule has 7 heteroatoms. The second-order valence-corrected chi connectivity index (χ2v) is 5.75. The average molecular weight is 306 g/mol. The highest BCUT2D eigenvalue weighted by molar-refractivity contribution is 5.94. The Morgan fingerprint density at radius 2 is 2.17 bits per heavy atom. The van der Waals surface area contributed by atoms with Gasteiger partial charge in [0.2, 0.25) is 5.90 Å². The topological polar surface area (TPSA) is 70.1 Å². The quantitative estimate of drug-likeness (QED) is 0.533. The lowest BCUT2D eigenvalue weighted by Crippen LogP contribution is -2.08. The van der Waals surface area contributed by atoms with Gasteiger partial charge in [-0.1, -0.05) is 11.3 Å². The van der Waals surface area contributed by atoms with Crippen LogP contribution in [0, 0.1) is 6.92 Å². The summed E-state index contributed by atoms with van der Waals surface area (Å²) in [4.78, 5) is 8.97. The smallest absolute Gasteiger partial charge is 0.237 e. The van der Waals surface area contributed by atoms with E-state index in [2.05, 4.69) is 50.0 Å². The van der Waals surface area contributed by atoms with E-state index in [4.69, 9.17) is 4.74 Å². The first-order valence-corrected chi connectivity index (χ1v) is 7.56. The molecular weight excluding hydrogens is 292 g/mol. The first-order chi connectivity index (χ1) is 11.3. The van der Waals surface area contributed by atoms with E-state index in [0.717, 1.165) is 28.5 Å². The standard InChI is InChI=1S/C16H14N6O/c1-10-2-3-12-13(6-10)22-11(8-19-20-22)7-14-15(18-9-21(12)14)16-17-4-5-23-16/h2-3,6,8-9H,4-5,7H2,1H3. The summed E-state index contributed by atoms with van der Waals surface area (Å²) in [5.41, 5.74) is 6.11. The molecule has 5 rings (SSSR count). The van der Waals surface area contributed by atoms with Crippen molar-refractivity contribution in [1.82, 2.24) is 24.5 Å². The van der Waals surface area contributed by atoms with Gasteiger partial charge in [-0.25, -0.2) is 14.7 Å². The van der Waals surface area contributed by atoms with E-state index in [1.807, 2.05) is 11.0 Å². The molecule has 114 valence electrons. The maximum atomic E-state index is 5.62. The van der Waals surface area contributed by atoms with Gasteiger partial charge in [0.15, 0.2) is 0 Å². The van der Waals surface area contributed by atoms with Gasteiger partial charge in [-0.2, -0.15) is 0 Å². The molecule has 3 aromatic rings. The first kappa shape index (κ1) is 12.6. The van der Waals surface area contributed by atoms with Crippen molar-refractivity contribution in [2.75, 3.05) is 13.2 Å². The first-order valence-electron chi connectivity index (χ1n) is 7.56. The largest absolute Gasteiger partial charge is 0.474 e. The summed E-state index contributed by atoms with van der Waals surface area (Å²) < 4.78 is 9.62. The van der Waals surface area contributed by atoms with Crippen LogP contribution in [0.1, 0.15) is 22.6 Å². The van der Waals surface area contributed by atoms with E-state index >= 15 is 0 Å². The Morgan fingerprint density at radius 3 is 3.04 bits per heavy atom. The summed E-state index contributed by atoms with van der Waals surface area (Å²) >= 11 is 0. The average Bonchev–Trinajstić information content (AvgIpc) is 3.27. The molecule has 0 radical (unpaired) electrons. The third-order valence-electron chi connectivity index (χ3n) is 4.24. The summed E-state index contributed by atoms with van der Waals surface area (Å²) in [5.74, 6) is 0.633. The number of aryl methyl sites for hydroxylation is 1. The Bertz CT molecular complexity index is 951. The molecule has 0 aliphatic carbocycles. The van der Waals surface area contributed by atoms with Crippen LogP contribution in [0.15, 0.2) is 35.7 Å². The van der Waals surface area contributed by atoms with E-state index < -0.39 is 0 Å². The van der Waals surface area contributed by atoms with Crippen molar-refractivity contribution >= 4 is 5.90 Å². The number of aliphatic imine (C=N–C) groups is 1. The van der Waals surface area contributed by atoms with Crippen molar-refractivity contribution < 1.29 is 4.74 Å².